The van der Waals surface area contributed by atoms with Gasteiger partial charge in [0, 0.05) is 10.7 Å². The Bertz CT molecular complexity index is 832. The van der Waals surface area contributed by atoms with Gasteiger partial charge < -0.3 is 5.32 Å². The maximum absolute atomic E-state index is 12.7. The number of carbonyl (C=O) groups excluding carboxylic acids is 2. The summed E-state index contributed by atoms with van der Waals surface area (Å²) in [5, 5.41) is 3.77. The fraction of sp³-hybridized carbons (Fsp3) is 0.263. The van der Waals surface area contributed by atoms with E-state index in [-0.39, 0.29) is 18.2 Å². The molecule has 0 spiro atoms. The average molecular weight is 343 g/mol. The van der Waals surface area contributed by atoms with Crippen LogP contribution in [0, 0.1) is 20.8 Å². The summed E-state index contributed by atoms with van der Waals surface area (Å²) >= 11 is 5.96. The van der Waals surface area contributed by atoms with Gasteiger partial charge in [0.2, 0.25) is 5.91 Å². The Morgan fingerprint density at radius 1 is 1.00 bits per heavy atom. The lowest BCUT2D eigenvalue weighted by Crippen LogP contribution is -2.35. The van der Waals surface area contributed by atoms with Crippen molar-refractivity contribution in [2.75, 3.05) is 10.2 Å². The van der Waals surface area contributed by atoms with Gasteiger partial charge >= 0.3 is 0 Å². The maximum Gasteiger partial charge on any atom is 0.256 e. The third-order valence-corrected chi connectivity index (χ3v) is 4.63. The molecule has 0 unspecified atom stereocenters. The number of nitrogens with zero attached hydrogens (tertiary/aromatic N) is 1. The molecule has 1 aliphatic heterocycles. The second-order valence-corrected chi connectivity index (χ2v) is 6.63. The van der Waals surface area contributed by atoms with E-state index < -0.39 is 6.04 Å². The molecule has 0 radical (unpaired) electrons. The summed E-state index contributed by atoms with van der Waals surface area (Å²) in [5.41, 5.74) is 4.57. The van der Waals surface area contributed by atoms with Crippen molar-refractivity contribution >= 4 is 34.8 Å². The SMILES string of the molecule is Cc1ccc(N[C@H]2CC(=O)N(c3ccc(Cl)cc3C)C2=O)cc1C. The number of imide groups is 1. The van der Waals surface area contributed by atoms with Crippen LogP contribution in [0.3, 0.4) is 0 Å². The van der Waals surface area contributed by atoms with E-state index in [0.29, 0.717) is 10.7 Å². The monoisotopic (exact) mass is 342 g/mol. The molecular weight excluding hydrogens is 324 g/mol. The van der Waals surface area contributed by atoms with Gasteiger partial charge in [0.15, 0.2) is 0 Å². The van der Waals surface area contributed by atoms with Crippen LogP contribution in [0.5, 0.6) is 0 Å². The zero-order valence-electron chi connectivity index (χ0n) is 13.9. The predicted molar refractivity (Wildman–Crippen MR) is 96.6 cm³/mol. The molecule has 1 saturated heterocycles. The number of amides is 2. The van der Waals surface area contributed by atoms with E-state index in [9.17, 15) is 9.59 Å². The number of anilines is 2. The highest BCUT2D eigenvalue weighted by atomic mass is 35.5. The summed E-state index contributed by atoms with van der Waals surface area (Å²) in [6, 6.07) is 10.5. The van der Waals surface area contributed by atoms with Crippen molar-refractivity contribution in [3.63, 3.8) is 0 Å². The molecule has 1 heterocycles. The van der Waals surface area contributed by atoms with Crippen molar-refractivity contribution in [2.45, 2.75) is 33.2 Å². The molecule has 2 aromatic rings. The zero-order chi connectivity index (χ0) is 17.4. The van der Waals surface area contributed by atoms with Crippen molar-refractivity contribution in [1.82, 2.24) is 0 Å². The lowest BCUT2D eigenvalue weighted by atomic mass is 10.1. The molecule has 24 heavy (non-hydrogen) atoms. The van der Waals surface area contributed by atoms with Gasteiger partial charge in [-0.25, -0.2) is 4.90 Å². The van der Waals surface area contributed by atoms with E-state index in [2.05, 4.69) is 5.32 Å². The molecule has 2 amide bonds. The van der Waals surface area contributed by atoms with Crippen LogP contribution in [0.15, 0.2) is 36.4 Å². The Balaban J connectivity index is 1.84. The van der Waals surface area contributed by atoms with Crippen LogP contribution >= 0.6 is 11.6 Å². The van der Waals surface area contributed by atoms with Gasteiger partial charge in [-0.3, -0.25) is 9.59 Å². The number of benzene rings is 2. The van der Waals surface area contributed by atoms with Crippen LogP contribution in [-0.4, -0.2) is 17.9 Å². The molecule has 4 nitrogen and oxygen atoms in total. The third kappa shape index (κ3) is 3.02. The molecule has 5 heteroatoms. The second kappa shape index (κ2) is 6.29. The van der Waals surface area contributed by atoms with E-state index in [1.165, 1.54) is 10.5 Å². The number of halogens is 1. The molecule has 0 aliphatic carbocycles. The van der Waals surface area contributed by atoms with E-state index in [4.69, 9.17) is 11.6 Å². The zero-order valence-corrected chi connectivity index (χ0v) is 14.6. The largest absolute Gasteiger partial charge is 0.373 e. The van der Waals surface area contributed by atoms with Crippen LogP contribution in [0.25, 0.3) is 0 Å². The highest BCUT2D eigenvalue weighted by molar-refractivity contribution is 6.31. The molecule has 1 fully saturated rings. The molecular formula is C19H19ClN2O2. The Hall–Kier alpha value is -2.33. The van der Waals surface area contributed by atoms with Crippen molar-refractivity contribution in [2.24, 2.45) is 0 Å². The number of aryl methyl sites for hydroxylation is 3. The molecule has 2 aromatic carbocycles. The molecule has 1 aliphatic rings. The number of hydrogen-bond acceptors (Lipinski definition) is 3. The molecule has 0 saturated carbocycles. The quantitative estimate of drug-likeness (QED) is 0.857. The van der Waals surface area contributed by atoms with E-state index >= 15 is 0 Å². The lowest BCUT2D eigenvalue weighted by Gasteiger charge is -2.18. The number of rotatable bonds is 3. The molecule has 0 bridgehead atoms. The highest BCUT2D eigenvalue weighted by Crippen LogP contribution is 2.29. The first-order valence-electron chi connectivity index (χ1n) is 7.83. The topological polar surface area (TPSA) is 49.4 Å². The minimum Gasteiger partial charge on any atom is -0.373 e. The predicted octanol–water partition coefficient (Wildman–Crippen LogP) is 4.01. The lowest BCUT2D eigenvalue weighted by molar-refractivity contribution is -0.121. The first-order chi connectivity index (χ1) is 11.4. The van der Waals surface area contributed by atoms with E-state index in [1.807, 2.05) is 39.0 Å². The van der Waals surface area contributed by atoms with Gasteiger partial charge in [0.1, 0.15) is 6.04 Å². The summed E-state index contributed by atoms with van der Waals surface area (Å²) in [7, 11) is 0. The van der Waals surface area contributed by atoms with E-state index in [0.717, 1.165) is 16.8 Å². The Morgan fingerprint density at radius 2 is 1.75 bits per heavy atom. The third-order valence-electron chi connectivity index (χ3n) is 4.39. The minimum atomic E-state index is -0.547. The molecule has 1 N–H and O–H groups in total. The number of carbonyl (C=O) groups is 2. The van der Waals surface area contributed by atoms with Gasteiger partial charge in [-0.2, -0.15) is 0 Å². The van der Waals surface area contributed by atoms with Gasteiger partial charge in [-0.05, 0) is 67.8 Å². The summed E-state index contributed by atoms with van der Waals surface area (Å²) in [6.45, 7) is 5.89. The standard InChI is InChI=1S/C19H19ClN2O2/c1-11-4-6-15(9-12(11)2)21-16-10-18(23)22(19(16)24)17-7-5-14(20)8-13(17)3/h4-9,16,21H,10H2,1-3H3/t16-/m0/s1. The minimum absolute atomic E-state index is 0.147. The van der Waals surface area contributed by atoms with Crippen LogP contribution in [0.4, 0.5) is 11.4 Å². The van der Waals surface area contributed by atoms with Gasteiger partial charge in [-0.15, -0.1) is 0 Å². The van der Waals surface area contributed by atoms with Crippen molar-refractivity contribution in [3.8, 4) is 0 Å². The summed E-state index contributed by atoms with van der Waals surface area (Å²) < 4.78 is 0. The average Bonchev–Trinajstić information content (AvgIpc) is 2.78. The summed E-state index contributed by atoms with van der Waals surface area (Å²) in [5.74, 6) is -0.435. The van der Waals surface area contributed by atoms with Crippen LogP contribution in [0.1, 0.15) is 23.1 Å². The first kappa shape index (κ1) is 16.5. The molecule has 0 aromatic heterocycles. The summed E-state index contributed by atoms with van der Waals surface area (Å²) in [6.07, 6.45) is 0.147. The van der Waals surface area contributed by atoms with Crippen LogP contribution in [-0.2, 0) is 9.59 Å². The van der Waals surface area contributed by atoms with Gasteiger partial charge in [0.05, 0.1) is 12.1 Å². The first-order valence-corrected chi connectivity index (χ1v) is 8.21. The fourth-order valence-corrected chi connectivity index (χ4v) is 3.13. The summed E-state index contributed by atoms with van der Waals surface area (Å²) in [4.78, 5) is 26.3. The smallest absolute Gasteiger partial charge is 0.256 e. The van der Waals surface area contributed by atoms with Crippen molar-refractivity contribution in [3.05, 3.63) is 58.1 Å². The van der Waals surface area contributed by atoms with E-state index in [1.54, 1.807) is 18.2 Å². The Kier molecular flexibility index (Phi) is 4.33. The van der Waals surface area contributed by atoms with Crippen LogP contribution < -0.4 is 10.2 Å². The van der Waals surface area contributed by atoms with Crippen molar-refractivity contribution < 1.29 is 9.59 Å². The number of nitrogens with one attached hydrogen (secondary N) is 1. The Morgan fingerprint density at radius 3 is 2.42 bits per heavy atom. The fourth-order valence-electron chi connectivity index (χ4n) is 2.90. The molecule has 3 rings (SSSR count). The molecule has 124 valence electrons. The highest BCUT2D eigenvalue weighted by Gasteiger charge is 2.40. The molecule has 1 atom stereocenters. The van der Waals surface area contributed by atoms with Gasteiger partial charge in [-0.1, -0.05) is 17.7 Å². The second-order valence-electron chi connectivity index (χ2n) is 6.20. The van der Waals surface area contributed by atoms with Crippen LogP contribution in [0.2, 0.25) is 5.02 Å². The van der Waals surface area contributed by atoms with Crippen molar-refractivity contribution in [1.29, 1.82) is 0 Å². The van der Waals surface area contributed by atoms with Gasteiger partial charge in [0.25, 0.3) is 5.91 Å². The normalized spacial score (nSPS) is 17.5. The maximum atomic E-state index is 12.7. The Labute approximate surface area is 146 Å². The number of hydrogen-bond donors (Lipinski definition) is 1.